The van der Waals surface area contributed by atoms with Crippen LogP contribution < -0.4 is 4.74 Å². The van der Waals surface area contributed by atoms with Gasteiger partial charge < -0.3 is 4.74 Å². The van der Waals surface area contributed by atoms with E-state index in [9.17, 15) is 8.42 Å². The normalized spacial score (nSPS) is 23.5. The molecule has 84 valence electrons. The molecule has 0 radical (unpaired) electrons. The third-order valence-electron chi connectivity index (χ3n) is 2.38. The van der Waals surface area contributed by atoms with Crippen molar-refractivity contribution in [3.8, 4) is 11.8 Å². The molecule has 2 rings (SSSR count). The molecule has 6 heteroatoms. The zero-order chi connectivity index (χ0) is 11.8. The van der Waals surface area contributed by atoms with Gasteiger partial charge in [-0.3, -0.25) is 0 Å². The maximum absolute atomic E-state index is 11.9. The standard InChI is InChI=1S/C10H10N2O3S/c1-15-9-2-4-10(5-3-9)16(13,14)12-7-8(12)6-11/h2-5,8H,7H2,1H3. The van der Waals surface area contributed by atoms with E-state index >= 15 is 0 Å². The van der Waals surface area contributed by atoms with Crippen LogP contribution in [0.15, 0.2) is 29.2 Å². The van der Waals surface area contributed by atoms with Crippen LogP contribution in [0.5, 0.6) is 5.75 Å². The number of ether oxygens (including phenoxy) is 1. The monoisotopic (exact) mass is 238 g/mol. The van der Waals surface area contributed by atoms with Crippen molar-refractivity contribution in [2.45, 2.75) is 10.9 Å². The van der Waals surface area contributed by atoms with Gasteiger partial charge >= 0.3 is 0 Å². The molecular formula is C10H10N2O3S. The van der Waals surface area contributed by atoms with Gasteiger partial charge in [0.05, 0.1) is 18.1 Å². The maximum Gasteiger partial charge on any atom is 0.244 e. The second-order valence-corrected chi connectivity index (χ2v) is 5.29. The Morgan fingerprint density at radius 3 is 2.50 bits per heavy atom. The van der Waals surface area contributed by atoms with Crippen molar-refractivity contribution in [2.24, 2.45) is 0 Å². The lowest BCUT2D eigenvalue weighted by atomic mass is 10.3. The van der Waals surface area contributed by atoms with Crippen LogP contribution in [0.25, 0.3) is 0 Å². The highest BCUT2D eigenvalue weighted by Crippen LogP contribution is 2.28. The fourth-order valence-corrected chi connectivity index (χ4v) is 2.85. The van der Waals surface area contributed by atoms with Gasteiger partial charge in [-0.15, -0.1) is 0 Å². The average Bonchev–Trinajstić information content (AvgIpc) is 3.09. The van der Waals surface area contributed by atoms with Crippen molar-refractivity contribution in [2.75, 3.05) is 13.7 Å². The van der Waals surface area contributed by atoms with E-state index < -0.39 is 16.1 Å². The van der Waals surface area contributed by atoms with E-state index in [0.29, 0.717) is 5.75 Å². The quantitative estimate of drug-likeness (QED) is 0.723. The highest BCUT2D eigenvalue weighted by molar-refractivity contribution is 7.89. The van der Waals surface area contributed by atoms with E-state index in [1.54, 1.807) is 12.1 Å². The number of benzene rings is 1. The number of sulfonamides is 1. The molecular weight excluding hydrogens is 228 g/mol. The van der Waals surface area contributed by atoms with E-state index in [1.807, 2.05) is 6.07 Å². The molecule has 2 unspecified atom stereocenters. The summed E-state index contributed by atoms with van der Waals surface area (Å²) >= 11 is 0. The zero-order valence-corrected chi connectivity index (χ0v) is 9.44. The SMILES string of the molecule is COc1ccc(S(=O)(=O)N2CC2C#N)cc1. The summed E-state index contributed by atoms with van der Waals surface area (Å²) in [5.74, 6) is 0.599. The molecule has 1 aromatic rings. The molecule has 2 atom stereocenters. The minimum atomic E-state index is -3.50. The maximum atomic E-state index is 11.9. The van der Waals surface area contributed by atoms with Crippen LogP contribution in [0.4, 0.5) is 0 Å². The molecule has 5 nitrogen and oxygen atoms in total. The van der Waals surface area contributed by atoms with E-state index in [-0.39, 0.29) is 11.4 Å². The van der Waals surface area contributed by atoms with Gasteiger partial charge in [-0.25, -0.2) is 8.42 Å². The smallest absolute Gasteiger partial charge is 0.244 e. The number of methoxy groups -OCH3 is 1. The molecule has 0 bridgehead atoms. The topological polar surface area (TPSA) is 70.2 Å². The van der Waals surface area contributed by atoms with Gasteiger partial charge in [0.2, 0.25) is 10.0 Å². The van der Waals surface area contributed by atoms with Crippen LogP contribution in [0.2, 0.25) is 0 Å². The van der Waals surface area contributed by atoms with Gasteiger partial charge in [0.25, 0.3) is 0 Å². The first-order chi connectivity index (χ1) is 7.59. The Morgan fingerprint density at radius 2 is 2.06 bits per heavy atom. The molecule has 1 fully saturated rings. The Morgan fingerprint density at radius 1 is 1.44 bits per heavy atom. The van der Waals surface area contributed by atoms with Crippen LogP contribution >= 0.6 is 0 Å². The van der Waals surface area contributed by atoms with E-state index in [1.165, 1.54) is 19.2 Å². The van der Waals surface area contributed by atoms with Crippen molar-refractivity contribution in [3.63, 3.8) is 0 Å². The Bertz CT molecular complexity index is 530. The van der Waals surface area contributed by atoms with E-state index in [4.69, 9.17) is 10.00 Å². The number of nitriles is 1. The predicted octanol–water partition coefficient (Wildman–Crippen LogP) is 0.592. The highest BCUT2D eigenvalue weighted by atomic mass is 32.2. The summed E-state index contributed by atoms with van der Waals surface area (Å²) in [5.41, 5.74) is 0. The van der Waals surface area contributed by atoms with Gasteiger partial charge in [-0.2, -0.15) is 9.57 Å². The van der Waals surface area contributed by atoms with Gasteiger partial charge in [0.15, 0.2) is 0 Å². The minimum absolute atomic E-state index is 0.186. The predicted molar refractivity (Wildman–Crippen MR) is 56.3 cm³/mol. The van der Waals surface area contributed by atoms with Crippen molar-refractivity contribution in [1.82, 2.24) is 4.31 Å². The molecule has 0 amide bonds. The Labute approximate surface area is 93.9 Å². The molecule has 1 heterocycles. The number of rotatable bonds is 3. The molecule has 1 aliphatic rings. The summed E-state index contributed by atoms with van der Waals surface area (Å²) in [6, 6.07) is 7.51. The van der Waals surface area contributed by atoms with Crippen molar-refractivity contribution < 1.29 is 13.2 Å². The molecule has 1 saturated heterocycles. The Kier molecular flexibility index (Phi) is 2.58. The van der Waals surface area contributed by atoms with Crippen molar-refractivity contribution in [1.29, 1.82) is 5.26 Å². The lowest BCUT2D eigenvalue weighted by molar-refractivity contribution is 0.414. The Balaban J connectivity index is 2.27. The van der Waals surface area contributed by atoms with Crippen molar-refractivity contribution >= 4 is 10.0 Å². The Hall–Kier alpha value is -1.58. The van der Waals surface area contributed by atoms with Crippen LogP contribution in [-0.4, -0.2) is 32.4 Å². The van der Waals surface area contributed by atoms with Crippen LogP contribution in [0.1, 0.15) is 0 Å². The first-order valence-corrected chi connectivity index (χ1v) is 6.09. The molecule has 0 aliphatic carbocycles. The van der Waals surface area contributed by atoms with Crippen LogP contribution in [0, 0.1) is 11.3 Å². The first kappa shape index (κ1) is 10.9. The van der Waals surface area contributed by atoms with Gasteiger partial charge in [-0.05, 0) is 24.3 Å². The molecule has 0 aromatic heterocycles. The summed E-state index contributed by atoms with van der Waals surface area (Å²) in [6.45, 7) is 0.283. The molecule has 0 spiro atoms. The van der Waals surface area contributed by atoms with Gasteiger partial charge in [0.1, 0.15) is 11.8 Å². The summed E-state index contributed by atoms with van der Waals surface area (Å²) in [5, 5.41) is 8.59. The zero-order valence-electron chi connectivity index (χ0n) is 8.62. The summed E-state index contributed by atoms with van der Waals surface area (Å²) in [7, 11) is -1.98. The highest BCUT2D eigenvalue weighted by Gasteiger charge is 2.44. The fourth-order valence-electron chi connectivity index (χ4n) is 1.38. The van der Waals surface area contributed by atoms with Gasteiger partial charge in [-0.1, -0.05) is 0 Å². The third kappa shape index (κ3) is 1.75. The minimum Gasteiger partial charge on any atom is -0.497 e. The molecule has 1 aliphatic heterocycles. The summed E-state index contributed by atoms with van der Waals surface area (Å²) in [4.78, 5) is 0.186. The number of hydrogen-bond acceptors (Lipinski definition) is 4. The van der Waals surface area contributed by atoms with E-state index in [2.05, 4.69) is 0 Å². The molecule has 0 saturated carbocycles. The number of hydrogen-bond donors (Lipinski definition) is 0. The van der Waals surface area contributed by atoms with Crippen LogP contribution in [-0.2, 0) is 10.0 Å². The van der Waals surface area contributed by atoms with Crippen LogP contribution in [0.3, 0.4) is 0 Å². The largest absolute Gasteiger partial charge is 0.497 e. The van der Waals surface area contributed by atoms with Crippen molar-refractivity contribution in [3.05, 3.63) is 24.3 Å². The number of nitrogens with zero attached hydrogens (tertiary/aromatic N) is 2. The molecule has 16 heavy (non-hydrogen) atoms. The second-order valence-electron chi connectivity index (χ2n) is 3.40. The van der Waals surface area contributed by atoms with E-state index in [0.717, 1.165) is 4.31 Å². The third-order valence-corrected chi connectivity index (χ3v) is 4.27. The summed E-state index contributed by atoms with van der Waals surface area (Å²) in [6.07, 6.45) is 0. The molecule has 1 aromatic carbocycles. The molecule has 0 N–H and O–H groups in total. The van der Waals surface area contributed by atoms with Gasteiger partial charge in [0, 0.05) is 6.54 Å². The lowest BCUT2D eigenvalue weighted by Crippen LogP contribution is -2.13. The lowest BCUT2D eigenvalue weighted by Gasteiger charge is -2.05. The second kappa shape index (κ2) is 3.77. The average molecular weight is 238 g/mol. The fraction of sp³-hybridized carbons (Fsp3) is 0.300. The first-order valence-electron chi connectivity index (χ1n) is 4.65. The summed E-state index contributed by atoms with van der Waals surface area (Å²) < 4.78 is 29.9.